The summed E-state index contributed by atoms with van der Waals surface area (Å²) in [5, 5.41) is 9.87. The number of hydrogen-bond acceptors (Lipinski definition) is 4. The molecule has 3 aromatic rings. The number of halogens is 5. The normalized spacial score (nSPS) is 18.0. The number of carbonyl (C=O) groups is 1. The number of rotatable bonds is 4. The molecule has 0 aliphatic heterocycles. The first-order valence-electron chi connectivity index (χ1n) is 9.29. The Kier molecular flexibility index (Phi) is 6.21. The topological polar surface area (TPSA) is 72.7 Å². The number of allylic oxidation sites excluding steroid dienone is 3. The monoisotopic (exact) mass is 505 g/mol. The van der Waals surface area contributed by atoms with Crippen LogP contribution in [0.3, 0.4) is 0 Å². The van der Waals surface area contributed by atoms with E-state index in [2.05, 4.69) is 26.4 Å². The van der Waals surface area contributed by atoms with Crippen molar-refractivity contribution in [3.05, 3.63) is 81.0 Å². The highest BCUT2D eigenvalue weighted by molar-refractivity contribution is 6.35. The molecule has 0 radical (unpaired) electrons. The Morgan fingerprint density at radius 3 is 2.61 bits per heavy atom. The minimum Gasteiger partial charge on any atom is -0.322 e. The largest absolute Gasteiger partial charge is 0.322 e. The summed E-state index contributed by atoms with van der Waals surface area (Å²) in [4.78, 5) is 18.0. The van der Waals surface area contributed by atoms with Gasteiger partial charge in [-0.3, -0.25) is 4.79 Å². The van der Waals surface area contributed by atoms with Crippen molar-refractivity contribution in [2.45, 2.75) is 12.1 Å². The van der Waals surface area contributed by atoms with Crippen LogP contribution in [0.15, 0.2) is 59.8 Å². The molecule has 6 nitrogen and oxygen atoms in total. The van der Waals surface area contributed by atoms with Gasteiger partial charge in [-0.05, 0) is 24.3 Å². The smallest absolute Gasteiger partial charge is 0.268 e. The first kappa shape index (κ1) is 22.9. The summed E-state index contributed by atoms with van der Waals surface area (Å²) in [7, 11) is 0. The summed E-state index contributed by atoms with van der Waals surface area (Å²) in [6.45, 7) is 0. The molecule has 1 amide bonds. The first-order valence-corrected chi connectivity index (χ1v) is 10.4. The summed E-state index contributed by atoms with van der Waals surface area (Å²) in [5.41, 5.74) is -2.39. The average Bonchev–Trinajstić information content (AvgIpc) is 3.31. The van der Waals surface area contributed by atoms with Gasteiger partial charge in [0, 0.05) is 28.1 Å². The molecule has 4 rings (SSSR count). The van der Waals surface area contributed by atoms with E-state index in [0.717, 1.165) is 6.08 Å². The third kappa shape index (κ3) is 4.23. The number of pyridine rings is 1. The molecule has 2 aromatic heterocycles. The lowest BCUT2D eigenvalue weighted by atomic mass is 9.87. The molecule has 1 unspecified atom stereocenters. The molecule has 0 spiro atoms. The first-order chi connectivity index (χ1) is 15.7. The predicted octanol–water partition coefficient (Wildman–Crippen LogP) is 5.50. The lowest BCUT2D eigenvalue weighted by Gasteiger charge is -2.28. The van der Waals surface area contributed by atoms with Gasteiger partial charge < -0.3 is 5.32 Å². The molecule has 0 saturated heterocycles. The molecule has 1 aromatic carbocycles. The minimum atomic E-state index is -2.87. The van der Waals surface area contributed by atoms with Crippen molar-refractivity contribution in [2.75, 3.05) is 5.32 Å². The van der Waals surface area contributed by atoms with Crippen LogP contribution in [-0.2, 0) is 4.79 Å². The van der Waals surface area contributed by atoms with Crippen LogP contribution in [0.2, 0.25) is 10.0 Å². The maximum Gasteiger partial charge on any atom is 0.268 e. The van der Waals surface area contributed by atoms with Crippen molar-refractivity contribution < 1.29 is 13.6 Å². The van der Waals surface area contributed by atoms with E-state index in [1.807, 2.05) is 0 Å². The fourth-order valence-electron chi connectivity index (χ4n) is 3.23. The Hall–Kier alpha value is -3.25. The summed E-state index contributed by atoms with van der Waals surface area (Å²) in [5.74, 6) is 0.477. The van der Waals surface area contributed by atoms with Crippen LogP contribution in [-0.4, -0.2) is 31.6 Å². The summed E-state index contributed by atoms with van der Waals surface area (Å²) < 4.78 is 30.7. The van der Waals surface area contributed by atoms with Crippen molar-refractivity contribution in [3.63, 3.8) is 0 Å². The standard InChI is InChI=1S/C22H12Cl3F2N5O/c1-2-12-4-3-5-15(23)19(12)14-9-18(25)22(27,10-17(14)26)21(33)31-13-8-16(24)20(28-11-13)32-29-6-7-30-32/h1,3-9,11H,10H2,(H,31,33). The van der Waals surface area contributed by atoms with Gasteiger partial charge in [0.15, 0.2) is 5.82 Å². The highest BCUT2D eigenvalue weighted by atomic mass is 35.5. The molecule has 1 N–H and O–H groups in total. The Morgan fingerprint density at radius 1 is 1.21 bits per heavy atom. The van der Waals surface area contributed by atoms with Crippen molar-refractivity contribution in [1.82, 2.24) is 20.0 Å². The highest BCUT2D eigenvalue weighted by Crippen LogP contribution is 2.44. The van der Waals surface area contributed by atoms with Gasteiger partial charge in [0.25, 0.3) is 5.91 Å². The number of hydrogen-bond donors (Lipinski definition) is 1. The van der Waals surface area contributed by atoms with E-state index in [9.17, 15) is 4.79 Å². The summed E-state index contributed by atoms with van der Waals surface area (Å²) >= 11 is 18.5. The number of anilines is 1. The van der Waals surface area contributed by atoms with E-state index in [1.165, 1.54) is 35.5 Å². The number of nitrogens with one attached hydrogen (secondary N) is 1. The lowest BCUT2D eigenvalue weighted by molar-refractivity contribution is -0.125. The van der Waals surface area contributed by atoms with Crippen LogP contribution < -0.4 is 5.32 Å². The van der Waals surface area contributed by atoms with Gasteiger partial charge in [0.2, 0.25) is 5.67 Å². The van der Waals surface area contributed by atoms with Crippen LogP contribution in [0.1, 0.15) is 17.5 Å². The second kappa shape index (κ2) is 8.94. The SMILES string of the molecule is C#Cc1cccc(Cl)c1C1=C(F)CC(F)(C(=O)Nc2cnc(-n3nccn3)c(Cl)c2)C(Cl)=C1. The zero-order chi connectivity index (χ0) is 23.8. The van der Waals surface area contributed by atoms with Crippen molar-refractivity contribution in [3.8, 4) is 18.2 Å². The van der Waals surface area contributed by atoms with E-state index in [4.69, 9.17) is 41.2 Å². The van der Waals surface area contributed by atoms with Gasteiger partial charge >= 0.3 is 0 Å². The van der Waals surface area contributed by atoms with Gasteiger partial charge in [-0.15, -0.1) is 11.2 Å². The zero-order valence-electron chi connectivity index (χ0n) is 16.5. The number of alkyl halides is 1. The van der Waals surface area contributed by atoms with E-state index < -0.39 is 28.9 Å². The summed E-state index contributed by atoms with van der Waals surface area (Å²) in [6, 6.07) is 6.01. The number of benzene rings is 1. The second-order valence-electron chi connectivity index (χ2n) is 6.90. The maximum absolute atomic E-state index is 15.6. The van der Waals surface area contributed by atoms with Crippen LogP contribution in [0.4, 0.5) is 14.5 Å². The van der Waals surface area contributed by atoms with Gasteiger partial charge in [-0.25, -0.2) is 13.8 Å². The van der Waals surface area contributed by atoms with Gasteiger partial charge in [0.05, 0.1) is 34.3 Å². The molecule has 33 heavy (non-hydrogen) atoms. The Labute approximate surface area is 201 Å². The molecule has 1 aliphatic rings. The third-order valence-corrected chi connectivity index (χ3v) is 5.83. The average molecular weight is 507 g/mol. The lowest BCUT2D eigenvalue weighted by Crippen LogP contribution is -2.41. The number of aromatic nitrogens is 4. The minimum absolute atomic E-state index is 0.0679. The molecule has 166 valence electrons. The van der Waals surface area contributed by atoms with Gasteiger partial charge in [-0.2, -0.15) is 10.2 Å². The summed E-state index contributed by atoms with van der Waals surface area (Å²) in [6.07, 6.45) is 9.64. The van der Waals surface area contributed by atoms with Crippen molar-refractivity contribution in [1.29, 1.82) is 0 Å². The quantitative estimate of drug-likeness (QED) is 0.474. The molecular weight excluding hydrogens is 495 g/mol. The fourth-order valence-corrected chi connectivity index (χ4v) is 4.01. The van der Waals surface area contributed by atoms with E-state index in [1.54, 1.807) is 12.1 Å². The molecule has 11 heteroatoms. The number of amides is 1. The molecule has 2 heterocycles. The highest BCUT2D eigenvalue weighted by Gasteiger charge is 2.46. The van der Waals surface area contributed by atoms with Crippen LogP contribution >= 0.6 is 34.8 Å². The van der Waals surface area contributed by atoms with E-state index >= 15 is 8.78 Å². The van der Waals surface area contributed by atoms with Crippen molar-refractivity contribution >= 4 is 52.0 Å². The number of terminal acetylenes is 1. The van der Waals surface area contributed by atoms with Crippen LogP contribution in [0.25, 0.3) is 11.4 Å². The van der Waals surface area contributed by atoms with Crippen LogP contribution in [0.5, 0.6) is 0 Å². The molecule has 1 aliphatic carbocycles. The van der Waals surface area contributed by atoms with Crippen molar-refractivity contribution in [2.24, 2.45) is 0 Å². The van der Waals surface area contributed by atoms with Gasteiger partial charge in [0.1, 0.15) is 5.83 Å². The Bertz CT molecular complexity index is 1360. The Morgan fingerprint density at radius 2 is 1.94 bits per heavy atom. The van der Waals surface area contributed by atoms with E-state index in [0.29, 0.717) is 5.56 Å². The maximum atomic E-state index is 15.6. The predicted molar refractivity (Wildman–Crippen MR) is 123 cm³/mol. The van der Waals surface area contributed by atoms with Crippen LogP contribution in [0, 0.1) is 12.3 Å². The fraction of sp³-hybridized carbons (Fsp3) is 0.0909. The molecule has 0 bridgehead atoms. The number of carbonyl (C=O) groups excluding carboxylic acids is 1. The number of nitrogens with zero attached hydrogens (tertiary/aromatic N) is 4. The second-order valence-corrected chi connectivity index (χ2v) is 8.12. The molecule has 0 saturated carbocycles. The molecule has 1 atom stereocenters. The van der Waals surface area contributed by atoms with E-state index in [-0.39, 0.29) is 32.7 Å². The molecular formula is C22H12Cl3F2N5O. The Balaban J connectivity index is 1.61. The third-order valence-electron chi connectivity index (χ3n) is 4.83. The zero-order valence-corrected chi connectivity index (χ0v) is 18.8. The van der Waals surface area contributed by atoms with Gasteiger partial charge in [-0.1, -0.05) is 46.8 Å². The molecule has 0 fully saturated rings.